The molecule has 1 N–H and O–H groups in total. The van der Waals surface area contributed by atoms with Crippen LogP contribution in [0.15, 0.2) is 35.5 Å². The molecule has 0 unspecified atom stereocenters. The van der Waals surface area contributed by atoms with Crippen molar-refractivity contribution in [3.63, 3.8) is 0 Å². The van der Waals surface area contributed by atoms with E-state index in [2.05, 4.69) is 6.58 Å². The molecule has 5 heteroatoms. The van der Waals surface area contributed by atoms with E-state index in [1.54, 1.807) is 6.08 Å². The summed E-state index contributed by atoms with van der Waals surface area (Å²) in [7, 11) is 0. The average molecular weight is 306 g/mol. The Morgan fingerprint density at radius 3 is 2.77 bits per heavy atom. The molecular formula is C17H22O5. The monoisotopic (exact) mass is 306 g/mol. The van der Waals surface area contributed by atoms with Crippen LogP contribution in [0.4, 0.5) is 0 Å². The van der Waals surface area contributed by atoms with Crippen LogP contribution in [0, 0.1) is 5.92 Å². The number of aliphatic hydroxyl groups is 1. The predicted molar refractivity (Wildman–Crippen MR) is 80.8 cm³/mol. The van der Waals surface area contributed by atoms with Gasteiger partial charge in [0.1, 0.15) is 12.2 Å². The van der Waals surface area contributed by atoms with Gasteiger partial charge in [0, 0.05) is 18.9 Å². The molecule has 0 aromatic rings. The number of hydrogen-bond acceptors (Lipinski definition) is 5. The lowest BCUT2D eigenvalue weighted by Crippen LogP contribution is -2.30. The number of aliphatic hydroxyl groups excluding tert-OH is 1. The minimum atomic E-state index is -0.727. The van der Waals surface area contributed by atoms with Crippen molar-refractivity contribution in [1.82, 2.24) is 0 Å². The van der Waals surface area contributed by atoms with Crippen molar-refractivity contribution in [2.45, 2.75) is 51.9 Å². The van der Waals surface area contributed by atoms with Crippen molar-refractivity contribution >= 4 is 11.9 Å². The van der Waals surface area contributed by atoms with Gasteiger partial charge >= 0.3 is 11.9 Å². The molecule has 1 fully saturated rings. The van der Waals surface area contributed by atoms with Crippen molar-refractivity contribution in [2.75, 3.05) is 0 Å². The molecule has 1 heterocycles. The largest absolute Gasteiger partial charge is 0.458 e. The van der Waals surface area contributed by atoms with E-state index in [1.165, 1.54) is 6.92 Å². The Morgan fingerprint density at radius 1 is 1.45 bits per heavy atom. The number of rotatable bonds is 1. The molecule has 0 saturated carbocycles. The van der Waals surface area contributed by atoms with Crippen molar-refractivity contribution in [1.29, 1.82) is 0 Å². The van der Waals surface area contributed by atoms with Crippen LogP contribution in [-0.2, 0) is 19.1 Å². The lowest BCUT2D eigenvalue weighted by molar-refractivity contribution is -0.144. The zero-order valence-electron chi connectivity index (χ0n) is 13.2. The first-order valence-electron chi connectivity index (χ1n) is 7.38. The second-order valence-electron chi connectivity index (χ2n) is 5.99. The SMILES string of the molecule is C=C1C(=O)O[C@H]2/C=C(\C)[C@@H](OC(C)=O)C/C=C(/C)C[C@@H](O)[C@@H]12. The van der Waals surface area contributed by atoms with Gasteiger partial charge in [0.25, 0.3) is 0 Å². The van der Waals surface area contributed by atoms with Crippen LogP contribution in [0.5, 0.6) is 0 Å². The number of carbonyl (C=O) groups excluding carboxylic acids is 2. The fourth-order valence-electron chi connectivity index (χ4n) is 2.94. The van der Waals surface area contributed by atoms with Gasteiger partial charge in [-0.2, -0.15) is 0 Å². The van der Waals surface area contributed by atoms with E-state index in [-0.39, 0.29) is 5.97 Å². The third-order valence-electron chi connectivity index (χ3n) is 4.13. The van der Waals surface area contributed by atoms with E-state index >= 15 is 0 Å². The Kier molecular flexibility index (Phi) is 4.86. The van der Waals surface area contributed by atoms with Crippen LogP contribution in [0.3, 0.4) is 0 Å². The second kappa shape index (κ2) is 6.48. The second-order valence-corrected chi connectivity index (χ2v) is 5.99. The zero-order chi connectivity index (χ0) is 16.4. The Bertz CT molecular complexity index is 557. The lowest BCUT2D eigenvalue weighted by atomic mass is 9.85. The molecular weight excluding hydrogens is 284 g/mol. The number of ether oxygens (including phenoxy) is 2. The Hall–Kier alpha value is -1.88. The molecule has 0 radical (unpaired) electrons. The van der Waals surface area contributed by atoms with Gasteiger partial charge in [0.2, 0.25) is 0 Å². The van der Waals surface area contributed by atoms with Crippen LogP contribution in [-0.4, -0.2) is 35.4 Å². The Labute approximate surface area is 130 Å². The molecule has 0 aromatic heterocycles. The maximum Gasteiger partial charge on any atom is 0.334 e. The molecule has 1 saturated heterocycles. The molecule has 1 aliphatic heterocycles. The first kappa shape index (κ1) is 16.5. The van der Waals surface area contributed by atoms with E-state index in [0.717, 1.165) is 11.1 Å². The Morgan fingerprint density at radius 2 is 2.14 bits per heavy atom. The van der Waals surface area contributed by atoms with Crippen LogP contribution in [0.1, 0.15) is 33.6 Å². The summed E-state index contributed by atoms with van der Waals surface area (Å²) in [5, 5.41) is 10.4. The summed E-state index contributed by atoms with van der Waals surface area (Å²) in [5.74, 6) is -1.31. The third-order valence-corrected chi connectivity index (χ3v) is 4.13. The van der Waals surface area contributed by atoms with Gasteiger partial charge in [-0.25, -0.2) is 4.79 Å². The Balaban J connectivity index is 2.37. The lowest BCUT2D eigenvalue weighted by Gasteiger charge is -2.25. The number of carbonyl (C=O) groups is 2. The van der Waals surface area contributed by atoms with Gasteiger partial charge in [-0.15, -0.1) is 0 Å². The van der Waals surface area contributed by atoms with Gasteiger partial charge in [-0.3, -0.25) is 4.79 Å². The highest BCUT2D eigenvalue weighted by atomic mass is 16.6. The van der Waals surface area contributed by atoms with Gasteiger partial charge in [0.15, 0.2) is 0 Å². The fourth-order valence-corrected chi connectivity index (χ4v) is 2.94. The topological polar surface area (TPSA) is 72.8 Å². The van der Waals surface area contributed by atoms with Gasteiger partial charge in [-0.05, 0) is 31.9 Å². The van der Waals surface area contributed by atoms with E-state index in [4.69, 9.17) is 9.47 Å². The van der Waals surface area contributed by atoms with Crippen molar-refractivity contribution in [3.8, 4) is 0 Å². The molecule has 4 atom stereocenters. The smallest absolute Gasteiger partial charge is 0.334 e. The number of esters is 2. The summed E-state index contributed by atoms with van der Waals surface area (Å²) in [6.45, 7) is 8.85. The quantitative estimate of drug-likeness (QED) is 0.456. The van der Waals surface area contributed by atoms with Gasteiger partial charge in [-0.1, -0.05) is 18.2 Å². The van der Waals surface area contributed by atoms with E-state index in [1.807, 2.05) is 19.9 Å². The van der Waals surface area contributed by atoms with E-state index in [0.29, 0.717) is 18.4 Å². The molecule has 22 heavy (non-hydrogen) atoms. The summed E-state index contributed by atoms with van der Waals surface area (Å²) in [6.07, 6.45) is 2.98. The van der Waals surface area contributed by atoms with E-state index in [9.17, 15) is 14.7 Å². The molecule has 1 aliphatic carbocycles. The molecule has 2 aliphatic rings. The molecule has 0 amide bonds. The minimum absolute atomic E-state index is 0.291. The van der Waals surface area contributed by atoms with Crippen LogP contribution in [0.25, 0.3) is 0 Å². The highest BCUT2D eigenvalue weighted by molar-refractivity contribution is 5.91. The molecule has 0 spiro atoms. The summed E-state index contributed by atoms with van der Waals surface area (Å²) in [4.78, 5) is 23.0. The number of hydrogen-bond donors (Lipinski definition) is 1. The zero-order valence-corrected chi connectivity index (χ0v) is 13.2. The van der Waals surface area contributed by atoms with Crippen molar-refractivity contribution in [2.24, 2.45) is 5.92 Å². The maximum atomic E-state index is 11.8. The summed E-state index contributed by atoms with van der Waals surface area (Å²) in [5.41, 5.74) is 2.06. The summed E-state index contributed by atoms with van der Waals surface area (Å²) >= 11 is 0. The minimum Gasteiger partial charge on any atom is -0.458 e. The normalized spacial score (nSPS) is 37.3. The van der Waals surface area contributed by atoms with Crippen LogP contribution < -0.4 is 0 Å². The highest BCUT2D eigenvalue weighted by Gasteiger charge is 2.42. The number of fused-ring (bicyclic) bond motifs is 1. The van der Waals surface area contributed by atoms with Gasteiger partial charge < -0.3 is 14.6 Å². The maximum absolute atomic E-state index is 11.8. The summed E-state index contributed by atoms with van der Waals surface area (Å²) in [6, 6.07) is 0. The molecule has 5 nitrogen and oxygen atoms in total. The van der Waals surface area contributed by atoms with Gasteiger partial charge in [0.05, 0.1) is 12.0 Å². The molecule has 0 aromatic carbocycles. The van der Waals surface area contributed by atoms with Crippen molar-refractivity contribution < 1.29 is 24.2 Å². The standard InChI is InChI=1S/C17H22O5/c1-9-5-6-14(21-12(4)18)10(2)8-15-16(13(19)7-9)11(3)17(20)22-15/h5,8,13-16,19H,3,6-7H2,1-2,4H3/b9-5-,10-8+/t13-,14+,15+,16-/m1/s1. The van der Waals surface area contributed by atoms with Crippen LogP contribution >= 0.6 is 0 Å². The molecule has 120 valence electrons. The van der Waals surface area contributed by atoms with Crippen molar-refractivity contribution in [3.05, 3.63) is 35.5 Å². The average Bonchev–Trinajstić information content (AvgIpc) is 2.68. The fraction of sp³-hybridized carbons (Fsp3) is 0.529. The first-order chi connectivity index (χ1) is 10.3. The molecule has 0 bridgehead atoms. The predicted octanol–water partition coefficient (Wildman–Crippen LogP) is 2.06. The summed E-state index contributed by atoms with van der Waals surface area (Å²) < 4.78 is 10.6. The molecule has 2 rings (SSSR count). The highest BCUT2D eigenvalue weighted by Crippen LogP contribution is 2.34. The first-order valence-corrected chi connectivity index (χ1v) is 7.38. The van der Waals surface area contributed by atoms with E-state index < -0.39 is 30.2 Å². The third kappa shape index (κ3) is 3.47. The van der Waals surface area contributed by atoms with Crippen LogP contribution in [0.2, 0.25) is 0 Å².